The minimum absolute atomic E-state index is 0.0732. The van der Waals surface area contributed by atoms with E-state index in [9.17, 15) is 9.59 Å². The second-order valence-corrected chi connectivity index (χ2v) is 5.70. The zero-order valence-corrected chi connectivity index (χ0v) is 13.0. The van der Waals surface area contributed by atoms with E-state index in [-0.39, 0.29) is 11.8 Å². The molecule has 1 aliphatic heterocycles. The summed E-state index contributed by atoms with van der Waals surface area (Å²) < 4.78 is 0. The molecule has 1 heterocycles. The lowest BCUT2D eigenvalue weighted by atomic mass is 10.1. The SMILES string of the molecule is CN1CCN(C(=O)CCNC(=O)Cc2ccc(N)cc2)CC1. The van der Waals surface area contributed by atoms with Crippen molar-refractivity contribution in [2.24, 2.45) is 0 Å². The van der Waals surface area contributed by atoms with Gasteiger partial charge in [-0.15, -0.1) is 0 Å². The van der Waals surface area contributed by atoms with Crippen molar-refractivity contribution in [3.63, 3.8) is 0 Å². The molecule has 0 unspecified atom stereocenters. The van der Waals surface area contributed by atoms with Crippen LogP contribution in [-0.2, 0) is 16.0 Å². The first-order valence-electron chi connectivity index (χ1n) is 7.62. The highest BCUT2D eigenvalue weighted by molar-refractivity contribution is 5.80. The fourth-order valence-corrected chi connectivity index (χ4v) is 2.41. The number of piperazine rings is 1. The summed E-state index contributed by atoms with van der Waals surface area (Å²) in [5.74, 6) is 0.0387. The van der Waals surface area contributed by atoms with E-state index >= 15 is 0 Å². The summed E-state index contributed by atoms with van der Waals surface area (Å²) in [5.41, 5.74) is 7.20. The van der Waals surface area contributed by atoms with Crippen molar-refractivity contribution >= 4 is 17.5 Å². The van der Waals surface area contributed by atoms with Gasteiger partial charge in [0.05, 0.1) is 6.42 Å². The Bertz CT molecular complexity index is 507. The molecule has 6 heteroatoms. The summed E-state index contributed by atoms with van der Waals surface area (Å²) in [4.78, 5) is 27.9. The van der Waals surface area contributed by atoms with Crippen LogP contribution in [0.3, 0.4) is 0 Å². The number of hydrogen-bond acceptors (Lipinski definition) is 4. The largest absolute Gasteiger partial charge is 0.399 e. The Kier molecular flexibility index (Phi) is 5.77. The van der Waals surface area contributed by atoms with Gasteiger partial charge in [-0.3, -0.25) is 9.59 Å². The van der Waals surface area contributed by atoms with E-state index in [0.717, 1.165) is 31.7 Å². The number of nitrogens with zero attached hydrogens (tertiary/aromatic N) is 2. The Morgan fingerprint density at radius 2 is 1.77 bits per heavy atom. The van der Waals surface area contributed by atoms with Crippen molar-refractivity contribution in [3.8, 4) is 0 Å². The summed E-state index contributed by atoms with van der Waals surface area (Å²) in [6.45, 7) is 3.76. The van der Waals surface area contributed by atoms with Gasteiger partial charge < -0.3 is 20.9 Å². The molecule has 0 radical (unpaired) electrons. The van der Waals surface area contributed by atoms with Crippen LogP contribution in [0.15, 0.2) is 24.3 Å². The van der Waals surface area contributed by atoms with E-state index in [1.54, 1.807) is 12.1 Å². The maximum Gasteiger partial charge on any atom is 0.224 e. The lowest BCUT2D eigenvalue weighted by molar-refractivity contribution is -0.132. The van der Waals surface area contributed by atoms with Crippen LogP contribution in [0, 0.1) is 0 Å². The molecule has 0 aliphatic carbocycles. The standard InChI is InChI=1S/C16H24N4O2/c1-19-8-10-20(11-9-19)16(22)6-7-18-15(21)12-13-2-4-14(17)5-3-13/h2-5H,6-12,17H2,1H3,(H,18,21). The minimum Gasteiger partial charge on any atom is -0.399 e. The Hall–Kier alpha value is -2.08. The van der Waals surface area contributed by atoms with E-state index < -0.39 is 0 Å². The number of hydrogen-bond donors (Lipinski definition) is 2. The molecule has 2 amide bonds. The number of nitrogens with two attached hydrogens (primary N) is 1. The van der Waals surface area contributed by atoms with Crippen LogP contribution < -0.4 is 11.1 Å². The summed E-state index contributed by atoms with van der Waals surface area (Å²) >= 11 is 0. The van der Waals surface area contributed by atoms with Crippen LogP contribution in [0.4, 0.5) is 5.69 Å². The normalized spacial score (nSPS) is 15.6. The maximum atomic E-state index is 12.0. The highest BCUT2D eigenvalue weighted by atomic mass is 16.2. The lowest BCUT2D eigenvalue weighted by Gasteiger charge is -2.32. The molecule has 1 fully saturated rings. The van der Waals surface area contributed by atoms with Gasteiger partial charge >= 0.3 is 0 Å². The Labute approximate surface area is 131 Å². The van der Waals surface area contributed by atoms with Crippen LogP contribution in [0.2, 0.25) is 0 Å². The Morgan fingerprint density at radius 3 is 2.41 bits per heavy atom. The average Bonchev–Trinajstić information content (AvgIpc) is 2.50. The number of amides is 2. The lowest BCUT2D eigenvalue weighted by Crippen LogP contribution is -2.47. The smallest absolute Gasteiger partial charge is 0.224 e. The monoisotopic (exact) mass is 304 g/mol. The topological polar surface area (TPSA) is 78.7 Å². The van der Waals surface area contributed by atoms with Crippen LogP contribution >= 0.6 is 0 Å². The minimum atomic E-state index is -0.0732. The predicted octanol–water partition coefficient (Wildman–Crippen LogP) is 0.0916. The van der Waals surface area contributed by atoms with Crippen molar-refractivity contribution < 1.29 is 9.59 Å². The molecule has 1 saturated heterocycles. The van der Waals surface area contributed by atoms with E-state index in [4.69, 9.17) is 5.73 Å². The maximum absolute atomic E-state index is 12.0. The van der Waals surface area contributed by atoms with E-state index in [0.29, 0.717) is 25.1 Å². The third-order valence-electron chi connectivity index (χ3n) is 3.86. The third-order valence-corrected chi connectivity index (χ3v) is 3.86. The summed E-state index contributed by atoms with van der Waals surface area (Å²) in [7, 11) is 2.05. The molecular formula is C16H24N4O2. The molecule has 0 saturated carbocycles. The molecule has 0 aromatic heterocycles. The van der Waals surface area contributed by atoms with Crippen LogP contribution in [0.25, 0.3) is 0 Å². The first-order valence-corrected chi connectivity index (χ1v) is 7.62. The highest BCUT2D eigenvalue weighted by Gasteiger charge is 2.18. The number of likely N-dealkylation sites (N-methyl/N-ethyl adjacent to an activating group) is 1. The van der Waals surface area contributed by atoms with Gasteiger partial charge in [-0.2, -0.15) is 0 Å². The molecule has 0 spiro atoms. The highest BCUT2D eigenvalue weighted by Crippen LogP contribution is 2.06. The number of nitrogens with one attached hydrogen (secondary N) is 1. The van der Waals surface area contributed by atoms with Gasteiger partial charge in [0.15, 0.2) is 0 Å². The zero-order chi connectivity index (χ0) is 15.9. The number of anilines is 1. The third kappa shape index (κ3) is 5.04. The molecule has 2 rings (SSSR count). The van der Waals surface area contributed by atoms with Gasteiger partial charge in [0.1, 0.15) is 0 Å². The molecule has 0 bridgehead atoms. The van der Waals surface area contributed by atoms with Gasteiger partial charge in [0, 0.05) is 44.8 Å². The molecule has 6 nitrogen and oxygen atoms in total. The van der Waals surface area contributed by atoms with Gasteiger partial charge in [-0.1, -0.05) is 12.1 Å². The number of benzene rings is 1. The quantitative estimate of drug-likeness (QED) is 0.756. The molecule has 0 atom stereocenters. The van der Waals surface area contributed by atoms with E-state index in [2.05, 4.69) is 17.3 Å². The number of nitrogen functional groups attached to an aromatic ring is 1. The number of carbonyl (C=O) groups excluding carboxylic acids is 2. The van der Waals surface area contributed by atoms with Crippen molar-refractivity contribution in [2.75, 3.05) is 45.5 Å². The van der Waals surface area contributed by atoms with Gasteiger partial charge in [-0.05, 0) is 24.7 Å². The number of carbonyl (C=O) groups is 2. The van der Waals surface area contributed by atoms with Gasteiger partial charge in [0.2, 0.25) is 11.8 Å². The molecule has 1 aromatic carbocycles. The summed E-state index contributed by atoms with van der Waals surface area (Å²) in [5, 5.41) is 2.80. The first kappa shape index (κ1) is 16.3. The van der Waals surface area contributed by atoms with Gasteiger partial charge in [-0.25, -0.2) is 0 Å². The number of rotatable bonds is 5. The predicted molar refractivity (Wildman–Crippen MR) is 86.3 cm³/mol. The van der Waals surface area contributed by atoms with E-state index in [1.807, 2.05) is 17.0 Å². The molecule has 1 aromatic rings. The van der Waals surface area contributed by atoms with E-state index in [1.165, 1.54) is 0 Å². The first-order chi connectivity index (χ1) is 10.5. The Morgan fingerprint density at radius 1 is 1.14 bits per heavy atom. The van der Waals surface area contributed by atoms with Crippen LogP contribution in [0.1, 0.15) is 12.0 Å². The van der Waals surface area contributed by atoms with Crippen molar-refractivity contribution in [1.29, 1.82) is 0 Å². The molecule has 120 valence electrons. The molecule has 22 heavy (non-hydrogen) atoms. The molecular weight excluding hydrogens is 280 g/mol. The fourth-order valence-electron chi connectivity index (χ4n) is 2.41. The van der Waals surface area contributed by atoms with Crippen LogP contribution in [0.5, 0.6) is 0 Å². The van der Waals surface area contributed by atoms with Crippen LogP contribution in [-0.4, -0.2) is 61.4 Å². The molecule has 1 aliphatic rings. The zero-order valence-electron chi connectivity index (χ0n) is 13.0. The molecule has 3 N–H and O–H groups in total. The van der Waals surface area contributed by atoms with Crippen molar-refractivity contribution in [3.05, 3.63) is 29.8 Å². The Balaban J connectivity index is 1.66. The van der Waals surface area contributed by atoms with Crippen molar-refractivity contribution in [1.82, 2.24) is 15.1 Å². The fraction of sp³-hybridized carbons (Fsp3) is 0.500. The summed E-state index contributed by atoms with van der Waals surface area (Å²) in [6.07, 6.45) is 0.667. The van der Waals surface area contributed by atoms with Crippen molar-refractivity contribution in [2.45, 2.75) is 12.8 Å². The second-order valence-electron chi connectivity index (χ2n) is 5.70. The summed E-state index contributed by atoms with van der Waals surface area (Å²) in [6, 6.07) is 7.23. The van der Waals surface area contributed by atoms with Gasteiger partial charge in [0.25, 0.3) is 0 Å². The average molecular weight is 304 g/mol. The second kappa shape index (κ2) is 7.79.